The lowest BCUT2D eigenvalue weighted by atomic mass is 10.0. The summed E-state index contributed by atoms with van der Waals surface area (Å²) in [5, 5.41) is -0.0640. The summed E-state index contributed by atoms with van der Waals surface area (Å²) in [6.45, 7) is 6.51. The average molecular weight is 616 g/mol. The van der Waals surface area contributed by atoms with Crippen LogP contribution in [-0.2, 0) is 28.4 Å². The molecule has 0 bridgehead atoms. The number of ether oxygens (including phenoxy) is 1. The fourth-order valence-electron chi connectivity index (χ4n) is 5.12. The number of imidazole rings is 1. The summed E-state index contributed by atoms with van der Waals surface area (Å²) in [4.78, 5) is 34.3. The van der Waals surface area contributed by atoms with Crippen LogP contribution in [0.3, 0.4) is 0 Å². The highest BCUT2D eigenvalue weighted by Gasteiger charge is 2.36. The van der Waals surface area contributed by atoms with Gasteiger partial charge in [0.25, 0.3) is 15.9 Å². The summed E-state index contributed by atoms with van der Waals surface area (Å²) in [5.41, 5.74) is 1.89. The Labute approximate surface area is 258 Å². The molecule has 0 aliphatic carbocycles. The van der Waals surface area contributed by atoms with Crippen molar-refractivity contribution in [3.05, 3.63) is 114 Å². The van der Waals surface area contributed by atoms with Gasteiger partial charge < -0.3 is 14.2 Å². The molecule has 5 rings (SSSR count). The van der Waals surface area contributed by atoms with Gasteiger partial charge in [-0.2, -0.15) is 8.42 Å². The monoisotopic (exact) mass is 615 g/mol. The minimum absolute atomic E-state index is 0.0640. The van der Waals surface area contributed by atoms with Gasteiger partial charge in [-0.15, -0.1) is 0 Å². The Morgan fingerprint density at radius 1 is 0.932 bits per heavy atom. The number of carbonyl (C=O) groups is 2. The van der Waals surface area contributed by atoms with Crippen LogP contribution >= 0.6 is 0 Å². The first-order valence-corrected chi connectivity index (χ1v) is 15.8. The maximum atomic E-state index is 13.7. The van der Waals surface area contributed by atoms with E-state index in [0.717, 1.165) is 11.1 Å². The van der Waals surface area contributed by atoms with E-state index < -0.39 is 21.7 Å². The molecule has 1 fully saturated rings. The van der Waals surface area contributed by atoms with Crippen molar-refractivity contribution < 1.29 is 22.7 Å². The van der Waals surface area contributed by atoms with Crippen LogP contribution < -0.4 is 4.31 Å². The van der Waals surface area contributed by atoms with E-state index in [1.165, 1.54) is 16.8 Å². The molecule has 230 valence electrons. The van der Waals surface area contributed by atoms with E-state index in [1.807, 2.05) is 81.4 Å². The van der Waals surface area contributed by atoms with E-state index in [0.29, 0.717) is 24.3 Å². The van der Waals surface area contributed by atoms with Gasteiger partial charge in [-0.25, -0.2) is 9.78 Å². The molecule has 1 aliphatic heterocycles. The van der Waals surface area contributed by atoms with Gasteiger partial charge in [-0.3, -0.25) is 14.0 Å². The molecule has 2 amide bonds. The zero-order valence-corrected chi connectivity index (χ0v) is 26.1. The van der Waals surface area contributed by atoms with Gasteiger partial charge in [0, 0.05) is 38.4 Å². The highest BCUT2D eigenvalue weighted by Crippen LogP contribution is 2.30. The number of piperazine rings is 1. The number of sulfonamides is 1. The molecule has 2 heterocycles. The number of hydrogen-bond acceptors (Lipinski definition) is 6. The van der Waals surface area contributed by atoms with Crippen LogP contribution in [0.15, 0.2) is 102 Å². The van der Waals surface area contributed by atoms with E-state index in [9.17, 15) is 18.0 Å². The molecule has 0 radical (unpaired) electrons. The van der Waals surface area contributed by atoms with Crippen molar-refractivity contribution in [1.29, 1.82) is 0 Å². The largest absolute Gasteiger partial charge is 0.444 e. The van der Waals surface area contributed by atoms with Crippen LogP contribution in [0.4, 0.5) is 10.5 Å². The third kappa shape index (κ3) is 6.94. The molecule has 3 aromatic carbocycles. The van der Waals surface area contributed by atoms with Crippen molar-refractivity contribution >= 4 is 27.7 Å². The second-order valence-electron chi connectivity index (χ2n) is 11.8. The van der Waals surface area contributed by atoms with Gasteiger partial charge in [-0.05, 0) is 56.2 Å². The smallest absolute Gasteiger partial charge is 0.410 e. The number of rotatable bonds is 7. The van der Waals surface area contributed by atoms with Crippen LogP contribution in [-0.4, -0.2) is 65.0 Å². The van der Waals surface area contributed by atoms with Crippen LogP contribution in [0.5, 0.6) is 0 Å². The fraction of sp³-hybridized carbons (Fsp3) is 0.303. The van der Waals surface area contributed by atoms with Gasteiger partial charge in [0.05, 0.1) is 24.6 Å². The molecule has 0 N–H and O–H groups in total. The second kappa shape index (κ2) is 12.5. The topological polar surface area (TPSA) is 105 Å². The van der Waals surface area contributed by atoms with Crippen molar-refractivity contribution in [3.8, 4) is 0 Å². The van der Waals surface area contributed by atoms with Gasteiger partial charge in [0.1, 0.15) is 5.60 Å². The molecule has 1 saturated heterocycles. The van der Waals surface area contributed by atoms with E-state index in [-0.39, 0.29) is 30.1 Å². The summed E-state index contributed by atoms with van der Waals surface area (Å²) in [6.07, 6.45) is 2.49. The molecule has 1 aromatic heterocycles. The number of anilines is 1. The van der Waals surface area contributed by atoms with Gasteiger partial charge in [0.2, 0.25) is 0 Å². The van der Waals surface area contributed by atoms with Gasteiger partial charge in [0.15, 0.2) is 5.03 Å². The first-order valence-electron chi connectivity index (χ1n) is 14.4. The number of amides is 2. The minimum atomic E-state index is -3.99. The van der Waals surface area contributed by atoms with Crippen LogP contribution in [0.25, 0.3) is 0 Å². The van der Waals surface area contributed by atoms with Crippen molar-refractivity contribution in [2.24, 2.45) is 7.05 Å². The molecular weight excluding hydrogens is 578 g/mol. The van der Waals surface area contributed by atoms with Crippen molar-refractivity contribution in [3.63, 3.8) is 0 Å². The number of hydrogen-bond donors (Lipinski definition) is 0. The Hall–Kier alpha value is -4.64. The number of aryl methyl sites for hydroxylation is 1. The zero-order chi connectivity index (χ0) is 31.5. The van der Waals surface area contributed by atoms with Gasteiger partial charge >= 0.3 is 6.09 Å². The van der Waals surface area contributed by atoms with E-state index in [1.54, 1.807) is 45.7 Å². The molecule has 0 spiro atoms. The highest BCUT2D eigenvalue weighted by atomic mass is 32.2. The summed E-state index contributed by atoms with van der Waals surface area (Å²) in [5.74, 6) is -0.205. The summed E-state index contributed by atoms with van der Waals surface area (Å²) in [7, 11) is -2.28. The van der Waals surface area contributed by atoms with Crippen molar-refractivity contribution in [2.45, 2.75) is 44.0 Å². The number of carbonyl (C=O) groups excluding carboxylic acids is 2. The minimum Gasteiger partial charge on any atom is -0.444 e. The fourth-order valence-corrected chi connectivity index (χ4v) is 6.54. The Bertz CT molecular complexity index is 1700. The summed E-state index contributed by atoms with van der Waals surface area (Å²) >= 11 is 0. The molecule has 10 nitrogen and oxygen atoms in total. The maximum absolute atomic E-state index is 13.7. The van der Waals surface area contributed by atoms with Crippen LogP contribution in [0.2, 0.25) is 0 Å². The Morgan fingerprint density at radius 2 is 1.57 bits per heavy atom. The average Bonchev–Trinajstić information content (AvgIpc) is 3.46. The third-order valence-electron chi connectivity index (χ3n) is 7.29. The van der Waals surface area contributed by atoms with E-state index in [2.05, 4.69) is 4.98 Å². The Morgan fingerprint density at radius 3 is 2.16 bits per heavy atom. The standard InChI is InChI=1S/C33H37N5O5S/c1-33(2,3)43-32(40)37-20-19-36(22-29(37)26-13-9-6-10-14-26)31(39)27-15-17-28(18-16-27)38(21-25-11-7-5-8-12-25)44(41,42)30-23-35(4)24-34-30/h5-18,23-24,29H,19-22H2,1-4H3. The summed E-state index contributed by atoms with van der Waals surface area (Å²) in [6, 6.07) is 25.1. The lowest BCUT2D eigenvalue weighted by Gasteiger charge is -2.42. The molecule has 1 atom stereocenters. The lowest BCUT2D eigenvalue weighted by Crippen LogP contribution is -2.53. The molecule has 11 heteroatoms. The Kier molecular flexibility index (Phi) is 8.78. The maximum Gasteiger partial charge on any atom is 0.410 e. The molecule has 44 heavy (non-hydrogen) atoms. The first kappa shape index (κ1) is 30.8. The third-order valence-corrected chi connectivity index (χ3v) is 8.95. The van der Waals surface area contributed by atoms with Crippen molar-refractivity contribution in [2.75, 3.05) is 23.9 Å². The summed E-state index contributed by atoms with van der Waals surface area (Å²) < 4.78 is 35.9. The first-order chi connectivity index (χ1) is 20.9. The molecule has 1 unspecified atom stereocenters. The van der Waals surface area contributed by atoms with E-state index in [4.69, 9.17) is 4.74 Å². The number of nitrogens with zero attached hydrogens (tertiary/aromatic N) is 5. The predicted octanol–water partition coefficient (Wildman–Crippen LogP) is 5.25. The number of benzene rings is 3. The number of aromatic nitrogens is 2. The Balaban J connectivity index is 1.39. The van der Waals surface area contributed by atoms with E-state index >= 15 is 0 Å². The predicted molar refractivity (Wildman–Crippen MR) is 167 cm³/mol. The highest BCUT2D eigenvalue weighted by molar-refractivity contribution is 7.92. The quantitative estimate of drug-likeness (QED) is 0.281. The second-order valence-corrected chi connectivity index (χ2v) is 13.6. The van der Waals surface area contributed by atoms with Gasteiger partial charge in [-0.1, -0.05) is 60.7 Å². The van der Waals surface area contributed by atoms with Crippen LogP contribution in [0.1, 0.15) is 48.3 Å². The normalized spacial score (nSPS) is 15.6. The lowest BCUT2D eigenvalue weighted by molar-refractivity contribution is -0.00115. The van der Waals surface area contributed by atoms with Crippen LogP contribution in [0, 0.1) is 0 Å². The molecule has 0 saturated carbocycles. The van der Waals surface area contributed by atoms with Crippen molar-refractivity contribution in [1.82, 2.24) is 19.4 Å². The SMILES string of the molecule is Cn1cnc(S(=O)(=O)N(Cc2ccccc2)c2ccc(C(=O)N3CCN(C(=O)OC(C)(C)C)C(c4ccccc4)C3)cc2)c1. The molecule has 1 aliphatic rings. The molecule has 4 aromatic rings. The zero-order valence-electron chi connectivity index (χ0n) is 25.3. The molecular formula is C33H37N5O5S.